The Kier molecular flexibility index (Phi) is 5.39. The molecule has 0 saturated carbocycles. The first-order valence-electron chi connectivity index (χ1n) is 9.51. The van der Waals surface area contributed by atoms with Crippen LogP contribution in [0.15, 0.2) is 80.6 Å². The van der Waals surface area contributed by atoms with E-state index in [0.717, 1.165) is 11.1 Å². The van der Waals surface area contributed by atoms with Crippen molar-refractivity contribution in [3.05, 3.63) is 88.3 Å². The number of aryl methyl sites for hydroxylation is 1. The molecule has 4 aromatic rings. The number of carbonyl (C=O) groups excluding carboxylic acids is 1. The van der Waals surface area contributed by atoms with Gasteiger partial charge < -0.3 is 18.3 Å². The van der Waals surface area contributed by atoms with E-state index in [0.29, 0.717) is 16.7 Å². The number of hydrogen-bond acceptors (Lipinski definition) is 6. The number of furan rings is 1. The van der Waals surface area contributed by atoms with E-state index < -0.39 is 12.1 Å². The number of carbonyl (C=O) groups is 1. The van der Waals surface area contributed by atoms with Crippen LogP contribution in [0.4, 0.5) is 0 Å². The van der Waals surface area contributed by atoms with Crippen LogP contribution >= 0.6 is 0 Å². The first-order chi connectivity index (χ1) is 14.5. The molecule has 0 radical (unpaired) electrons. The predicted octanol–water partition coefficient (Wildman–Crippen LogP) is 4.87. The molecule has 2 heterocycles. The molecule has 0 unspecified atom stereocenters. The van der Waals surface area contributed by atoms with Crippen LogP contribution < -0.4 is 10.2 Å². The molecule has 6 heteroatoms. The van der Waals surface area contributed by atoms with Crippen molar-refractivity contribution in [1.82, 2.24) is 0 Å². The van der Waals surface area contributed by atoms with Gasteiger partial charge in [-0.05, 0) is 49.2 Å². The van der Waals surface area contributed by atoms with Crippen LogP contribution in [-0.4, -0.2) is 12.1 Å². The van der Waals surface area contributed by atoms with Crippen LogP contribution in [0.2, 0.25) is 0 Å². The Morgan fingerprint density at radius 3 is 2.60 bits per heavy atom. The maximum Gasteiger partial charge on any atom is 0.347 e. The van der Waals surface area contributed by atoms with Crippen LogP contribution in [0, 0.1) is 6.92 Å². The molecule has 0 bridgehead atoms. The normalized spacial score (nSPS) is 11.9. The molecule has 6 nitrogen and oxygen atoms in total. The minimum Gasteiger partial charge on any atom is -0.471 e. The molecule has 2 aromatic carbocycles. The lowest BCUT2D eigenvalue weighted by atomic mass is 10.1. The number of fused-ring (bicyclic) bond motifs is 1. The first kappa shape index (κ1) is 19.5. The zero-order chi connectivity index (χ0) is 21.1. The molecule has 4 rings (SSSR count). The highest BCUT2D eigenvalue weighted by Crippen LogP contribution is 2.32. The average Bonchev–Trinajstić information content (AvgIpc) is 3.29. The Hall–Kier alpha value is -3.80. The third kappa shape index (κ3) is 3.98. The summed E-state index contributed by atoms with van der Waals surface area (Å²) in [5.41, 5.74) is 1.83. The van der Waals surface area contributed by atoms with E-state index in [1.165, 1.54) is 13.2 Å². The standard InChI is InChI=1S/C24H20O6/c1-15-10-11-18-20(13-15)30-22(19-9-6-12-27-19)23(21(18)25)29-16(2)24(26)28-14-17-7-4-3-5-8-17/h3-13,16H,14H2,1-2H3/t16-/m1/s1. The lowest BCUT2D eigenvalue weighted by Crippen LogP contribution is -2.28. The lowest BCUT2D eigenvalue weighted by Gasteiger charge is -2.15. The van der Waals surface area contributed by atoms with Gasteiger partial charge in [-0.3, -0.25) is 4.79 Å². The van der Waals surface area contributed by atoms with Gasteiger partial charge in [-0.1, -0.05) is 36.4 Å². The van der Waals surface area contributed by atoms with Gasteiger partial charge in [0.15, 0.2) is 11.9 Å². The summed E-state index contributed by atoms with van der Waals surface area (Å²) in [6.45, 7) is 3.54. The molecule has 0 N–H and O–H groups in total. The van der Waals surface area contributed by atoms with E-state index in [4.69, 9.17) is 18.3 Å². The van der Waals surface area contributed by atoms with E-state index in [1.807, 2.05) is 43.3 Å². The van der Waals surface area contributed by atoms with Crippen molar-refractivity contribution in [3.8, 4) is 17.3 Å². The fraction of sp³-hybridized carbons (Fsp3) is 0.167. The van der Waals surface area contributed by atoms with Crippen molar-refractivity contribution in [2.45, 2.75) is 26.6 Å². The summed E-state index contributed by atoms with van der Waals surface area (Å²) in [5.74, 6) is -0.223. The molecular weight excluding hydrogens is 384 g/mol. The Labute approximate surface area is 172 Å². The number of hydrogen-bond donors (Lipinski definition) is 0. The molecule has 0 spiro atoms. The highest BCUT2D eigenvalue weighted by atomic mass is 16.6. The van der Waals surface area contributed by atoms with Crippen molar-refractivity contribution >= 4 is 16.9 Å². The van der Waals surface area contributed by atoms with Gasteiger partial charge >= 0.3 is 5.97 Å². The zero-order valence-corrected chi connectivity index (χ0v) is 16.6. The zero-order valence-electron chi connectivity index (χ0n) is 16.6. The monoisotopic (exact) mass is 404 g/mol. The molecule has 0 aliphatic heterocycles. The maximum atomic E-state index is 13.1. The Balaban J connectivity index is 1.64. The third-order valence-electron chi connectivity index (χ3n) is 4.60. The smallest absolute Gasteiger partial charge is 0.347 e. The van der Waals surface area contributed by atoms with Gasteiger partial charge in [-0.15, -0.1) is 0 Å². The van der Waals surface area contributed by atoms with Gasteiger partial charge in [0.05, 0.1) is 11.6 Å². The molecule has 0 aliphatic carbocycles. The molecule has 1 atom stereocenters. The minimum atomic E-state index is -1.02. The van der Waals surface area contributed by atoms with E-state index in [-0.39, 0.29) is 23.5 Å². The number of esters is 1. The van der Waals surface area contributed by atoms with E-state index in [2.05, 4.69) is 0 Å². The summed E-state index contributed by atoms with van der Waals surface area (Å²) in [7, 11) is 0. The molecular formula is C24H20O6. The van der Waals surface area contributed by atoms with Gasteiger partial charge in [0.2, 0.25) is 16.9 Å². The van der Waals surface area contributed by atoms with Gasteiger partial charge in [0.25, 0.3) is 0 Å². The van der Waals surface area contributed by atoms with Crippen LogP contribution in [0.25, 0.3) is 22.5 Å². The van der Waals surface area contributed by atoms with Crippen molar-refractivity contribution < 1.29 is 23.1 Å². The van der Waals surface area contributed by atoms with Crippen LogP contribution in [-0.2, 0) is 16.1 Å². The summed E-state index contributed by atoms with van der Waals surface area (Å²) >= 11 is 0. The molecule has 0 amide bonds. The second-order valence-corrected chi connectivity index (χ2v) is 6.92. The topological polar surface area (TPSA) is 78.9 Å². The van der Waals surface area contributed by atoms with Crippen LogP contribution in [0.3, 0.4) is 0 Å². The van der Waals surface area contributed by atoms with Crippen molar-refractivity contribution in [3.63, 3.8) is 0 Å². The molecule has 2 aromatic heterocycles. The van der Waals surface area contributed by atoms with Crippen molar-refractivity contribution in [2.75, 3.05) is 0 Å². The molecule has 0 saturated heterocycles. The minimum absolute atomic E-state index is 0.0922. The Morgan fingerprint density at radius 2 is 1.87 bits per heavy atom. The summed E-state index contributed by atoms with van der Waals surface area (Å²) in [5, 5.41) is 0.357. The van der Waals surface area contributed by atoms with Gasteiger partial charge in [-0.25, -0.2) is 4.79 Å². The second-order valence-electron chi connectivity index (χ2n) is 6.92. The van der Waals surface area contributed by atoms with Gasteiger partial charge in [0.1, 0.15) is 12.2 Å². The predicted molar refractivity (Wildman–Crippen MR) is 111 cm³/mol. The van der Waals surface area contributed by atoms with Crippen LogP contribution in [0.5, 0.6) is 5.75 Å². The van der Waals surface area contributed by atoms with Crippen molar-refractivity contribution in [2.24, 2.45) is 0 Å². The third-order valence-corrected chi connectivity index (χ3v) is 4.60. The average molecular weight is 404 g/mol. The quantitative estimate of drug-likeness (QED) is 0.427. The largest absolute Gasteiger partial charge is 0.471 e. The summed E-state index contributed by atoms with van der Waals surface area (Å²) in [6.07, 6.45) is 0.449. The number of benzene rings is 2. The van der Waals surface area contributed by atoms with Crippen molar-refractivity contribution in [1.29, 1.82) is 0 Å². The maximum absolute atomic E-state index is 13.1. The van der Waals surface area contributed by atoms with E-state index in [1.54, 1.807) is 24.3 Å². The Bertz CT molecular complexity index is 1220. The van der Waals surface area contributed by atoms with Gasteiger partial charge in [-0.2, -0.15) is 0 Å². The lowest BCUT2D eigenvalue weighted by molar-refractivity contribution is -0.152. The highest BCUT2D eigenvalue weighted by Gasteiger charge is 2.25. The van der Waals surface area contributed by atoms with Gasteiger partial charge in [0, 0.05) is 0 Å². The van der Waals surface area contributed by atoms with E-state index >= 15 is 0 Å². The van der Waals surface area contributed by atoms with Crippen LogP contribution in [0.1, 0.15) is 18.1 Å². The summed E-state index contributed by atoms with van der Waals surface area (Å²) in [6, 6.07) is 17.9. The molecule has 0 fully saturated rings. The Morgan fingerprint density at radius 1 is 1.07 bits per heavy atom. The van der Waals surface area contributed by atoms with E-state index in [9.17, 15) is 9.59 Å². The molecule has 152 valence electrons. The number of rotatable bonds is 6. The summed E-state index contributed by atoms with van der Waals surface area (Å²) in [4.78, 5) is 25.5. The second kappa shape index (κ2) is 8.29. The summed E-state index contributed by atoms with van der Waals surface area (Å²) < 4.78 is 22.4. The molecule has 0 aliphatic rings. The fourth-order valence-corrected chi connectivity index (χ4v) is 3.03. The highest BCUT2D eigenvalue weighted by molar-refractivity contribution is 5.82. The number of ether oxygens (including phenoxy) is 2. The SMILES string of the molecule is Cc1ccc2c(=O)c(O[C@H](C)C(=O)OCc3ccccc3)c(-c3ccco3)oc2c1. The molecule has 30 heavy (non-hydrogen) atoms. The fourth-order valence-electron chi connectivity index (χ4n) is 3.03. The first-order valence-corrected chi connectivity index (χ1v) is 9.51.